The van der Waals surface area contributed by atoms with E-state index in [1.807, 2.05) is 27.7 Å². The van der Waals surface area contributed by atoms with Gasteiger partial charge in [-0.2, -0.15) is 0 Å². The molecule has 1 atom stereocenters. The van der Waals surface area contributed by atoms with Crippen LogP contribution in [-0.2, 0) is 0 Å². The van der Waals surface area contributed by atoms with E-state index in [9.17, 15) is 13.9 Å². The Morgan fingerprint density at radius 3 is 2.11 bits per heavy atom. The van der Waals surface area contributed by atoms with Crippen LogP contribution in [0.5, 0.6) is 0 Å². The summed E-state index contributed by atoms with van der Waals surface area (Å²) in [5.74, 6) is -1.55. The number of hydrogen-bond donors (Lipinski definition) is 1. The Morgan fingerprint density at radius 2 is 1.67 bits per heavy atom. The molecule has 1 unspecified atom stereocenters. The van der Waals surface area contributed by atoms with Gasteiger partial charge in [-0.05, 0) is 38.9 Å². The lowest BCUT2D eigenvalue weighted by Gasteiger charge is -2.15. The molecule has 1 nitrogen and oxygen atoms in total. The molecular weight excluding hydrogens is 302 g/mol. The first-order valence-electron chi connectivity index (χ1n) is 5.94. The maximum Gasteiger partial charge on any atom is 0.146 e. The van der Waals surface area contributed by atoms with Crippen LogP contribution in [0.4, 0.5) is 8.78 Å². The van der Waals surface area contributed by atoms with Gasteiger partial charge in [0.15, 0.2) is 0 Å². The molecule has 1 aliphatic carbocycles. The van der Waals surface area contributed by atoms with Crippen molar-refractivity contribution in [2.75, 3.05) is 0 Å². The average molecular weight is 319 g/mol. The summed E-state index contributed by atoms with van der Waals surface area (Å²) in [6.45, 7) is 8.03. The lowest BCUT2D eigenvalue weighted by Crippen LogP contribution is -2.10. The quantitative estimate of drug-likeness (QED) is 0.799. The number of aliphatic hydroxyl groups is 1. The Labute approximate surface area is 114 Å². The molecule has 0 spiro atoms. The van der Waals surface area contributed by atoms with Gasteiger partial charge in [0, 0.05) is 5.92 Å². The molecule has 1 aromatic rings. The van der Waals surface area contributed by atoms with Crippen LogP contribution in [-0.4, -0.2) is 5.11 Å². The number of aliphatic hydroxyl groups excluding tert-OH is 1. The van der Waals surface area contributed by atoms with Crippen molar-refractivity contribution in [1.29, 1.82) is 0 Å². The number of rotatable bonds is 2. The molecule has 1 aliphatic rings. The molecule has 0 aliphatic heterocycles. The topological polar surface area (TPSA) is 20.2 Å². The van der Waals surface area contributed by atoms with Gasteiger partial charge in [0.05, 0.1) is 16.1 Å². The van der Waals surface area contributed by atoms with E-state index in [2.05, 4.69) is 15.9 Å². The first-order chi connectivity index (χ1) is 8.12. The van der Waals surface area contributed by atoms with Crippen LogP contribution in [0.15, 0.2) is 16.6 Å². The molecule has 0 heterocycles. The standard InChI is InChI=1S/C14H17BrF2O/c1-13(2)12(14(13,3)4)11(18)9-8(16)6-5-7(15)10(9)17/h5-6,11-12,18H,1-4H3. The van der Waals surface area contributed by atoms with Crippen molar-refractivity contribution in [3.8, 4) is 0 Å². The normalized spacial score (nSPS) is 22.9. The fraction of sp³-hybridized carbons (Fsp3) is 0.571. The van der Waals surface area contributed by atoms with Crippen molar-refractivity contribution < 1.29 is 13.9 Å². The molecule has 4 heteroatoms. The zero-order chi connectivity index (χ0) is 13.9. The Kier molecular flexibility index (Phi) is 3.10. The lowest BCUT2D eigenvalue weighted by atomic mass is 9.98. The van der Waals surface area contributed by atoms with E-state index in [1.54, 1.807) is 0 Å². The number of hydrogen-bond acceptors (Lipinski definition) is 1. The molecule has 1 aromatic carbocycles. The van der Waals surface area contributed by atoms with Crippen molar-refractivity contribution >= 4 is 15.9 Å². The van der Waals surface area contributed by atoms with Crippen LogP contribution in [0.25, 0.3) is 0 Å². The van der Waals surface area contributed by atoms with Crippen molar-refractivity contribution in [2.24, 2.45) is 16.7 Å². The third-order valence-electron chi connectivity index (χ3n) is 4.82. The SMILES string of the molecule is CC1(C)C(C(O)c2c(F)ccc(Br)c2F)C1(C)C. The van der Waals surface area contributed by atoms with Gasteiger partial charge in [-0.3, -0.25) is 0 Å². The minimum atomic E-state index is -1.12. The van der Waals surface area contributed by atoms with Crippen molar-refractivity contribution in [3.05, 3.63) is 33.8 Å². The lowest BCUT2D eigenvalue weighted by molar-refractivity contribution is 0.122. The highest BCUT2D eigenvalue weighted by atomic mass is 79.9. The summed E-state index contributed by atoms with van der Waals surface area (Å²) >= 11 is 3.02. The predicted octanol–water partition coefficient (Wildman–Crippen LogP) is 4.44. The molecule has 2 rings (SSSR count). The first-order valence-corrected chi connectivity index (χ1v) is 6.73. The second kappa shape index (κ2) is 4.01. The van der Waals surface area contributed by atoms with Crippen molar-refractivity contribution in [3.63, 3.8) is 0 Å². The Balaban J connectivity index is 2.43. The van der Waals surface area contributed by atoms with Crippen molar-refractivity contribution in [1.82, 2.24) is 0 Å². The van der Waals surface area contributed by atoms with Crippen LogP contribution < -0.4 is 0 Å². The van der Waals surface area contributed by atoms with E-state index < -0.39 is 17.7 Å². The van der Waals surface area contributed by atoms with Crippen LogP contribution >= 0.6 is 15.9 Å². The smallest absolute Gasteiger partial charge is 0.146 e. The van der Waals surface area contributed by atoms with E-state index in [0.29, 0.717) is 0 Å². The maximum atomic E-state index is 14.0. The third-order valence-corrected chi connectivity index (χ3v) is 5.44. The third kappa shape index (κ3) is 1.73. The average Bonchev–Trinajstić information content (AvgIpc) is 2.64. The molecule has 1 N–H and O–H groups in total. The molecule has 1 saturated carbocycles. The van der Waals surface area contributed by atoms with Crippen LogP contribution in [0.1, 0.15) is 39.4 Å². The summed E-state index contributed by atoms with van der Waals surface area (Å²) in [5, 5.41) is 10.3. The fourth-order valence-electron chi connectivity index (χ4n) is 3.02. The minimum absolute atomic E-state index is 0.131. The molecule has 0 amide bonds. The van der Waals surface area contributed by atoms with E-state index >= 15 is 0 Å². The molecule has 100 valence electrons. The monoisotopic (exact) mass is 318 g/mol. The highest BCUT2D eigenvalue weighted by molar-refractivity contribution is 9.10. The molecule has 0 bridgehead atoms. The van der Waals surface area contributed by atoms with E-state index in [-0.39, 0.29) is 26.8 Å². The second-order valence-corrected chi connectivity index (χ2v) is 6.98. The highest BCUT2D eigenvalue weighted by Gasteiger charge is 2.67. The van der Waals surface area contributed by atoms with E-state index in [0.717, 1.165) is 0 Å². The molecule has 1 fully saturated rings. The van der Waals surface area contributed by atoms with Gasteiger partial charge in [-0.25, -0.2) is 8.78 Å². The molecular formula is C14H17BrF2O. The Bertz CT molecular complexity index is 483. The van der Waals surface area contributed by atoms with E-state index in [1.165, 1.54) is 12.1 Å². The van der Waals surface area contributed by atoms with Crippen LogP contribution in [0, 0.1) is 28.4 Å². The first kappa shape index (κ1) is 13.9. The van der Waals surface area contributed by atoms with E-state index in [4.69, 9.17) is 0 Å². The van der Waals surface area contributed by atoms with Gasteiger partial charge in [-0.15, -0.1) is 0 Å². The Morgan fingerprint density at radius 1 is 1.17 bits per heavy atom. The summed E-state index contributed by atoms with van der Waals surface area (Å²) < 4.78 is 27.9. The predicted molar refractivity (Wildman–Crippen MR) is 70.1 cm³/mol. The van der Waals surface area contributed by atoms with Crippen LogP contribution in [0.3, 0.4) is 0 Å². The van der Waals surface area contributed by atoms with Gasteiger partial charge in [0.1, 0.15) is 11.6 Å². The fourth-order valence-corrected chi connectivity index (χ4v) is 3.36. The largest absolute Gasteiger partial charge is 0.388 e. The maximum absolute atomic E-state index is 14.0. The molecule has 0 radical (unpaired) electrons. The van der Waals surface area contributed by atoms with Gasteiger partial charge in [0.2, 0.25) is 0 Å². The summed E-state index contributed by atoms with van der Waals surface area (Å²) in [5.41, 5.74) is -0.491. The molecule has 0 aromatic heterocycles. The minimum Gasteiger partial charge on any atom is -0.388 e. The highest BCUT2D eigenvalue weighted by Crippen LogP contribution is 2.72. The summed E-state index contributed by atoms with van der Waals surface area (Å²) in [6.07, 6.45) is -1.12. The summed E-state index contributed by atoms with van der Waals surface area (Å²) in [6, 6.07) is 2.48. The zero-order valence-electron chi connectivity index (χ0n) is 10.9. The van der Waals surface area contributed by atoms with Gasteiger partial charge >= 0.3 is 0 Å². The van der Waals surface area contributed by atoms with Gasteiger partial charge in [0.25, 0.3) is 0 Å². The van der Waals surface area contributed by atoms with Gasteiger partial charge in [-0.1, -0.05) is 27.7 Å². The number of benzene rings is 1. The molecule has 0 saturated heterocycles. The molecule has 18 heavy (non-hydrogen) atoms. The number of halogens is 3. The summed E-state index contributed by atoms with van der Waals surface area (Å²) in [4.78, 5) is 0. The Hall–Kier alpha value is -0.480. The second-order valence-electron chi connectivity index (χ2n) is 6.12. The van der Waals surface area contributed by atoms with Crippen LogP contribution in [0.2, 0.25) is 0 Å². The summed E-state index contributed by atoms with van der Waals surface area (Å²) in [7, 11) is 0. The van der Waals surface area contributed by atoms with Crippen molar-refractivity contribution in [2.45, 2.75) is 33.8 Å². The van der Waals surface area contributed by atoms with Gasteiger partial charge < -0.3 is 5.11 Å². The zero-order valence-corrected chi connectivity index (χ0v) is 12.5.